The molecular formula is C12H14N4O3S. The van der Waals surface area contributed by atoms with Crippen molar-refractivity contribution >= 4 is 21.5 Å². The van der Waals surface area contributed by atoms with E-state index >= 15 is 0 Å². The van der Waals surface area contributed by atoms with Crippen molar-refractivity contribution in [2.75, 3.05) is 19.4 Å². The summed E-state index contributed by atoms with van der Waals surface area (Å²) < 4.78 is 24.9. The zero-order chi connectivity index (χ0) is 14.8. The Hall–Kier alpha value is -2.19. The van der Waals surface area contributed by atoms with Gasteiger partial charge >= 0.3 is 0 Å². The Labute approximate surface area is 116 Å². The number of anilines is 2. The Bertz CT molecular complexity index is 731. The molecule has 0 amide bonds. The Morgan fingerprint density at radius 2 is 1.75 bits per heavy atom. The largest absolute Gasteiger partial charge is 0.339 e. The minimum absolute atomic E-state index is 0.211. The van der Waals surface area contributed by atoms with Crippen LogP contribution in [0.15, 0.2) is 46.1 Å². The Morgan fingerprint density at radius 1 is 1.10 bits per heavy atom. The fourth-order valence-corrected chi connectivity index (χ4v) is 2.38. The first kappa shape index (κ1) is 14.2. The quantitative estimate of drug-likeness (QED) is 0.868. The maximum Gasteiger partial charge on any atom is 0.264 e. The van der Waals surface area contributed by atoms with E-state index in [1.54, 1.807) is 12.1 Å². The first-order valence-corrected chi connectivity index (χ1v) is 7.19. The number of rotatable bonds is 4. The lowest BCUT2D eigenvalue weighted by atomic mass is 10.3. The monoisotopic (exact) mass is 294 g/mol. The van der Waals surface area contributed by atoms with E-state index in [0.717, 1.165) is 4.31 Å². The lowest BCUT2D eigenvalue weighted by Crippen LogP contribution is -2.22. The molecule has 1 aromatic heterocycles. The van der Waals surface area contributed by atoms with Gasteiger partial charge in [0, 0.05) is 25.8 Å². The number of nitrogens with one attached hydrogen (secondary N) is 2. The summed E-state index contributed by atoms with van der Waals surface area (Å²) in [5.74, 6) is 0.466. The van der Waals surface area contributed by atoms with Crippen LogP contribution in [0, 0.1) is 0 Å². The molecule has 0 radical (unpaired) electrons. The number of nitrogens with zero attached hydrogens (tertiary/aromatic N) is 2. The summed E-state index contributed by atoms with van der Waals surface area (Å²) in [5, 5.41) is 9.05. The molecule has 0 aliphatic rings. The van der Waals surface area contributed by atoms with Crippen molar-refractivity contribution in [2.24, 2.45) is 0 Å². The lowest BCUT2D eigenvalue weighted by Gasteiger charge is -2.12. The highest BCUT2D eigenvalue weighted by atomic mass is 32.2. The van der Waals surface area contributed by atoms with Gasteiger partial charge in [-0.3, -0.25) is 4.79 Å². The van der Waals surface area contributed by atoms with Gasteiger partial charge in [-0.1, -0.05) is 0 Å². The fraction of sp³-hybridized carbons (Fsp3) is 0.167. The normalized spacial score (nSPS) is 11.6. The van der Waals surface area contributed by atoms with Crippen LogP contribution in [0.1, 0.15) is 0 Å². The molecule has 1 heterocycles. The van der Waals surface area contributed by atoms with Crippen LogP contribution in [0.25, 0.3) is 0 Å². The van der Waals surface area contributed by atoms with Crippen molar-refractivity contribution in [3.05, 3.63) is 46.8 Å². The molecule has 0 fully saturated rings. The topological polar surface area (TPSA) is 95.2 Å². The molecule has 0 unspecified atom stereocenters. The summed E-state index contributed by atoms with van der Waals surface area (Å²) in [6.07, 6.45) is 0. The van der Waals surface area contributed by atoms with Gasteiger partial charge in [0.25, 0.3) is 5.56 Å². The van der Waals surface area contributed by atoms with E-state index in [-0.39, 0.29) is 10.5 Å². The highest BCUT2D eigenvalue weighted by molar-refractivity contribution is 7.89. The number of benzene rings is 1. The number of aromatic nitrogens is 2. The number of H-pyrrole nitrogens is 1. The Kier molecular flexibility index (Phi) is 3.86. The molecular weight excluding hydrogens is 280 g/mol. The van der Waals surface area contributed by atoms with Crippen LogP contribution >= 0.6 is 0 Å². The van der Waals surface area contributed by atoms with Gasteiger partial charge in [0.15, 0.2) is 5.82 Å². The van der Waals surface area contributed by atoms with E-state index < -0.39 is 10.0 Å². The van der Waals surface area contributed by atoms with Gasteiger partial charge in [0.1, 0.15) is 0 Å². The summed E-state index contributed by atoms with van der Waals surface area (Å²) in [4.78, 5) is 11.1. The van der Waals surface area contributed by atoms with E-state index in [9.17, 15) is 13.2 Å². The fourth-order valence-electron chi connectivity index (χ4n) is 1.48. The third-order valence-electron chi connectivity index (χ3n) is 2.58. The van der Waals surface area contributed by atoms with Crippen molar-refractivity contribution in [1.82, 2.24) is 14.5 Å². The van der Waals surface area contributed by atoms with Gasteiger partial charge in [-0.25, -0.2) is 17.8 Å². The molecule has 0 saturated heterocycles. The van der Waals surface area contributed by atoms with Crippen LogP contribution in [0.3, 0.4) is 0 Å². The van der Waals surface area contributed by atoms with Gasteiger partial charge in [-0.05, 0) is 30.3 Å². The van der Waals surface area contributed by atoms with Crippen molar-refractivity contribution in [2.45, 2.75) is 4.90 Å². The summed E-state index contributed by atoms with van der Waals surface area (Å²) >= 11 is 0. The summed E-state index contributed by atoms with van der Waals surface area (Å²) in [6, 6.07) is 9.14. The Morgan fingerprint density at radius 3 is 2.25 bits per heavy atom. The average molecular weight is 294 g/mol. The van der Waals surface area contributed by atoms with E-state index in [1.807, 2.05) is 0 Å². The summed E-state index contributed by atoms with van der Waals surface area (Å²) in [7, 11) is -0.474. The number of aromatic amines is 1. The van der Waals surface area contributed by atoms with E-state index in [2.05, 4.69) is 15.5 Å². The highest BCUT2D eigenvalue weighted by Gasteiger charge is 2.16. The molecule has 2 N–H and O–H groups in total. The van der Waals surface area contributed by atoms with Crippen molar-refractivity contribution in [1.29, 1.82) is 0 Å². The van der Waals surface area contributed by atoms with E-state index in [0.29, 0.717) is 11.5 Å². The van der Waals surface area contributed by atoms with E-state index in [1.165, 1.54) is 38.4 Å². The summed E-state index contributed by atoms with van der Waals surface area (Å²) in [5.41, 5.74) is 0.380. The standard InChI is InChI=1S/C12H14N4O3S/c1-16(2)20(18,19)10-5-3-9(4-6-10)13-11-7-8-12(17)15-14-11/h3-8H,1-2H3,(H,13,14)(H,15,17). The molecule has 7 nitrogen and oxygen atoms in total. The van der Waals surface area contributed by atoms with E-state index in [4.69, 9.17) is 0 Å². The molecule has 0 bridgehead atoms. The van der Waals surface area contributed by atoms with Crippen LogP contribution in [-0.2, 0) is 10.0 Å². The van der Waals surface area contributed by atoms with Gasteiger partial charge in [-0.2, -0.15) is 5.10 Å². The zero-order valence-electron chi connectivity index (χ0n) is 11.0. The third kappa shape index (κ3) is 3.03. The van der Waals surface area contributed by atoms with Gasteiger partial charge < -0.3 is 5.32 Å². The van der Waals surface area contributed by atoms with Crippen LogP contribution in [0.5, 0.6) is 0 Å². The number of hydrogen-bond donors (Lipinski definition) is 2. The molecule has 0 aliphatic heterocycles. The second-order valence-corrected chi connectivity index (χ2v) is 6.40. The second kappa shape index (κ2) is 5.43. The number of hydrogen-bond acceptors (Lipinski definition) is 5. The lowest BCUT2D eigenvalue weighted by molar-refractivity contribution is 0.521. The molecule has 106 valence electrons. The second-order valence-electron chi connectivity index (χ2n) is 4.24. The maximum absolute atomic E-state index is 11.9. The molecule has 0 saturated carbocycles. The first-order valence-electron chi connectivity index (χ1n) is 5.75. The van der Waals surface area contributed by atoms with Gasteiger partial charge in [-0.15, -0.1) is 0 Å². The van der Waals surface area contributed by atoms with Crippen LogP contribution in [0.4, 0.5) is 11.5 Å². The molecule has 2 aromatic rings. The van der Waals surface area contributed by atoms with Crippen molar-refractivity contribution < 1.29 is 8.42 Å². The van der Waals surface area contributed by atoms with Crippen LogP contribution < -0.4 is 10.9 Å². The van der Waals surface area contributed by atoms with Crippen LogP contribution in [0.2, 0.25) is 0 Å². The zero-order valence-corrected chi connectivity index (χ0v) is 11.8. The van der Waals surface area contributed by atoms with Crippen LogP contribution in [-0.4, -0.2) is 37.0 Å². The van der Waals surface area contributed by atoms with Crippen molar-refractivity contribution in [3.8, 4) is 0 Å². The first-order chi connectivity index (χ1) is 9.39. The molecule has 8 heteroatoms. The number of sulfonamides is 1. The predicted molar refractivity (Wildman–Crippen MR) is 75.5 cm³/mol. The predicted octanol–water partition coefficient (Wildman–Crippen LogP) is 0.764. The van der Waals surface area contributed by atoms with Gasteiger partial charge in [0.2, 0.25) is 10.0 Å². The van der Waals surface area contributed by atoms with Gasteiger partial charge in [0.05, 0.1) is 4.90 Å². The van der Waals surface area contributed by atoms with Crippen molar-refractivity contribution in [3.63, 3.8) is 0 Å². The molecule has 2 rings (SSSR count). The average Bonchev–Trinajstić information content (AvgIpc) is 2.42. The highest BCUT2D eigenvalue weighted by Crippen LogP contribution is 2.18. The smallest absolute Gasteiger partial charge is 0.264 e. The minimum Gasteiger partial charge on any atom is -0.339 e. The molecule has 0 spiro atoms. The SMILES string of the molecule is CN(C)S(=O)(=O)c1ccc(Nc2ccc(=O)[nH]n2)cc1. The molecule has 0 atom stereocenters. The minimum atomic E-state index is -3.43. The molecule has 20 heavy (non-hydrogen) atoms. The third-order valence-corrected chi connectivity index (χ3v) is 4.41. The molecule has 1 aromatic carbocycles. The Balaban J connectivity index is 2.21. The molecule has 0 aliphatic carbocycles. The maximum atomic E-state index is 11.9. The summed E-state index contributed by atoms with van der Waals surface area (Å²) in [6.45, 7) is 0.